The predicted molar refractivity (Wildman–Crippen MR) is 78.9 cm³/mol. The van der Waals surface area contributed by atoms with Crippen LogP contribution >= 0.6 is 11.6 Å². The first-order valence-corrected chi connectivity index (χ1v) is 7.28. The van der Waals surface area contributed by atoms with E-state index in [-0.39, 0.29) is 35.5 Å². The highest BCUT2D eigenvalue weighted by Gasteiger charge is 2.43. The first kappa shape index (κ1) is 14.5. The topological polar surface area (TPSA) is 88.1 Å². The number of hydrogen-bond donors (Lipinski definition) is 1. The summed E-state index contributed by atoms with van der Waals surface area (Å²) < 4.78 is 13.6. The summed E-state index contributed by atoms with van der Waals surface area (Å²) in [6.45, 7) is 4.22. The van der Waals surface area contributed by atoms with Gasteiger partial charge in [0.05, 0.1) is 12.4 Å². The van der Waals surface area contributed by atoms with Crippen molar-refractivity contribution in [1.29, 1.82) is 0 Å². The number of halogens is 1. The zero-order valence-corrected chi connectivity index (χ0v) is 12.9. The second kappa shape index (κ2) is 5.40. The molecule has 2 aromatic rings. The van der Waals surface area contributed by atoms with Gasteiger partial charge in [0.2, 0.25) is 5.95 Å². The molecule has 0 spiro atoms. The van der Waals surface area contributed by atoms with Gasteiger partial charge in [0.15, 0.2) is 17.0 Å². The Hall–Kier alpha value is -1.44. The van der Waals surface area contributed by atoms with Crippen molar-refractivity contribution in [3.8, 4) is 0 Å². The standard InChI is InChI=1S/C13H18ClN5O2/c1-4-7-6(2)9(20-3)12(21-7)19-5-16-8-10(14)17-13(15)18-11(8)19/h5-7,9,12H,4H2,1-3H3,(H2,15,17,18)/t6-,7-,9-,12-/m1/s1. The highest BCUT2D eigenvalue weighted by molar-refractivity contribution is 6.33. The number of nitrogen functional groups attached to an aromatic ring is 1. The molecule has 0 aliphatic carbocycles. The average Bonchev–Trinajstić information content (AvgIpc) is 2.99. The molecule has 0 amide bonds. The van der Waals surface area contributed by atoms with Crippen LogP contribution in [0.5, 0.6) is 0 Å². The third kappa shape index (κ3) is 2.25. The van der Waals surface area contributed by atoms with Gasteiger partial charge >= 0.3 is 0 Å². The largest absolute Gasteiger partial charge is 0.376 e. The molecule has 8 heteroatoms. The van der Waals surface area contributed by atoms with E-state index in [1.165, 1.54) is 0 Å². The zero-order chi connectivity index (χ0) is 15.1. The van der Waals surface area contributed by atoms with Crippen LogP contribution in [0.4, 0.5) is 5.95 Å². The van der Waals surface area contributed by atoms with Gasteiger partial charge in [0.25, 0.3) is 0 Å². The van der Waals surface area contributed by atoms with Gasteiger partial charge in [-0.25, -0.2) is 4.98 Å². The van der Waals surface area contributed by atoms with Gasteiger partial charge in [0, 0.05) is 13.0 Å². The number of rotatable bonds is 3. The first-order chi connectivity index (χ1) is 10.1. The summed E-state index contributed by atoms with van der Waals surface area (Å²) >= 11 is 6.06. The van der Waals surface area contributed by atoms with Crippen LogP contribution in [0, 0.1) is 5.92 Å². The van der Waals surface area contributed by atoms with E-state index in [0.717, 1.165) is 6.42 Å². The van der Waals surface area contributed by atoms with Crippen LogP contribution in [0.3, 0.4) is 0 Å². The summed E-state index contributed by atoms with van der Waals surface area (Å²) in [6.07, 6.45) is 2.31. The van der Waals surface area contributed by atoms with Crippen molar-refractivity contribution in [2.24, 2.45) is 5.92 Å². The average molecular weight is 312 g/mol. The minimum atomic E-state index is -0.301. The monoisotopic (exact) mass is 311 g/mol. The Labute approximate surface area is 127 Å². The SMILES string of the molecule is CC[C@H]1O[C@@H](n2cnc3c(Cl)nc(N)nc32)[C@H](OC)[C@@H]1C. The molecule has 3 rings (SSSR count). The van der Waals surface area contributed by atoms with Gasteiger partial charge in [-0.1, -0.05) is 25.4 Å². The number of aromatic nitrogens is 4. The fourth-order valence-corrected chi connectivity index (χ4v) is 3.18. The van der Waals surface area contributed by atoms with Crippen molar-refractivity contribution in [1.82, 2.24) is 19.5 Å². The van der Waals surface area contributed by atoms with E-state index < -0.39 is 0 Å². The molecular formula is C13H18ClN5O2. The Morgan fingerprint density at radius 3 is 2.90 bits per heavy atom. The summed E-state index contributed by atoms with van der Waals surface area (Å²) in [6, 6.07) is 0. The quantitative estimate of drug-likeness (QED) is 0.872. The minimum Gasteiger partial charge on any atom is -0.376 e. The molecular weight excluding hydrogens is 294 g/mol. The Kier molecular flexibility index (Phi) is 3.73. The normalized spacial score (nSPS) is 29.3. The van der Waals surface area contributed by atoms with Crippen molar-refractivity contribution in [3.05, 3.63) is 11.5 Å². The molecule has 21 heavy (non-hydrogen) atoms. The summed E-state index contributed by atoms with van der Waals surface area (Å²) in [5.41, 5.74) is 6.75. The van der Waals surface area contributed by atoms with Gasteiger partial charge in [-0.05, 0) is 6.42 Å². The molecule has 0 saturated carbocycles. The van der Waals surface area contributed by atoms with E-state index in [1.807, 2.05) is 4.57 Å². The number of imidazole rings is 1. The van der Waals surface area contributed by atoms with Crippen molar-refractivity contribution in [3.63, 3.8) is 0 Å². The molecule has 0 unspecified atom stereocenters. The summed E-state index contributed by atoms with van der Waals surface area (Å²) in [4.78, 5) is 12.4. The van der Waals surface area contributed by atoms with E-state index in [9.17, 15) is 0 Å². The number of nitrogens with two attached hydrogens (primary N) is 1. The highest BCUT2D eigenvalue weighted by atomic mass is 35.5. The number of fused-ring (bicyclic) bond motifs is 1. The maximum absolute atomic E-state index is 6.11. The summed E-state index contributed by atoms with van der Waals surface area (Å²) in [5.74, 6) is 0.387. The van der Waals surface area contributed by atoms with Gasteiger partial charge < -0.3 is 15.2 Å². The Balaban J connectivity index is 2.08. The molecule has 4 atom stereocenters. The molecule has 1 aliphatic rings. The van der Waals surface area contributed by atoms with E-state index in [0.29, 0.717) is 11.2 Å². The van der Waals surface area contributed by atoms with Gasteiger partial charge in [0.1, 0.15) is 11.6 Å². The molecule has 3 heterocycles. The molecule has 1 aliphatic heterocycles. The fourth-order valence-electron chi connectivity index (χ4n) is 2.96. The molecule has 2 aromatic heterocycles. The number of anilines is 1. The molecule has 0 radical (unpaired) electrons. The van der Waals surface area contributed by atoms with Crippen LogP contribution < -0.4 is 5.73 Å². The van der Waals surface area contributed by atoms with E-state index >= 15 is 0 Å². The number of hydrogen-bond acceptors (Lipinski definition) is 6. The maximum Gasteiger partial charge on any atom is 0.223 e. The minimum absolute atomic E-state index is 0.0812. The van der Waals surface area contributed by atoms with Gasteiger partial charge in [-0.15, -0.1) is 0 Å². The number of methoxy groups -OCH3 is 1. The molecule has 0 bridgehead atoms. The number of nitrogens with zero attached hydrogens (tertiary/aromatic N) is 4. The molecule has 0 aromatic carbocycles. The smallest absolute Gasteiger partial charge is 0.223 e. The summed E-state index contributed by atoms with van der Waals surface area (Å²) in [7, 11) is 1.69. The fraction of sp³-hybridized carbons (Fsp3) is 0.615. The predicted octanol–water partition coefficient (Wildman–Crippen LogP) is 2.02. The lowest BCUT2D eigenvalue weighted by molar-refractivity contribution is -0.0484. The van der Waals surface area contributed by atoms with Crippen LogP contribution in [-0.4, -0.2) is 38.8 Å². The van der Waals surface area contributed by atoms with Crippen LogP contribution in [-0.2, 0) is 9.47 Å². The van der Waals surface area contributed by atoms with Crippen molar-refractivity contribution in [2.45, 2.75) is 38.7 Å². The van der Waals surface area contributed by atoms with Crippen LogP contribution in [0.1, 0.15) is 26.5 Å². The zero-order valence-electron chi connectivity index (χ0n) is 12.2. The van der Waals surface area contributed by atoms with Crippen molar-refractivity contribution < 1.29 is 9.47 Å². The molecule has 2 N–H and O–H groups in total. The van der Waals surface area contributed by atoms with E-state index in [2.05, 4.69) is 28.8 Å². The second-order valence-electron chi connectivity index (χ2n) is 5.23. The molecule has 7 nitrogen and oxygen atoms in total. The lowest BCUT2D eigenvalue weighted by atomic mass is 9.98. The van der Waals surface area contributed by atoms with Crippen LogP contribution in [0.25, 0.3) is 11.2 Å². The van der Waals surface area contributed by atoms with Gasteiger partial charge in [-0.2, -0.15) is 9.97 Å². The molecule has 1 saturated heterocycles. The number of ether oxygens (including phenoxy) is 2. The van der Waals surface area contributed by atoms with Crippen LogP contribution in [0.15, 0.2) is 6.33 Å². The lowest BCUT2D eigenvalue weighted by Gasteiger charge is -2.20. The first-order valence-electron chi connectivity index (χ1n) is 6.90. The van der Waals surface area contributed by atoms with E-state index in [1.54, 1.807) is 13.4 Å². The lowest BCUT2D eigenvalue weighted by Crippen LogP contribution is -2.26. The van der Waals surface area contributed by atoms with Crippen LogP contribution in [0.2, 0.25) is 5.15 Å². The third-order valence-corrected chi connectivity index (χ3v) is 4.31. The Morgan fingerprint density at radius 1 is 1.48 bits per heavy atom. The van der Waals surface area contributed by atoms with Crippen molar-refractivity contribution in [2.75, 3.05) is 12.8 Å². The van der Waals surface area contributed by atoms with Gasteiger partial charge in [-0.3, -0.25) is 4.57 Å². The van der Waals surface area contributed by atoms with E-state index in [4.69, 9.17) is 26.8 Å². The Bertz CT molecular complexity index is 661. The molecule has 114 valence electrons. The summed E-state index contributed by atoms with van der Waals surface area (Å²) in [5, 5.41) is 0.239. The maximum atomic E-state index is 6.11. The molecule has 1 fully saturated rings. The highest BCUT2D eigenvalue weighted by Crippen LogP contribution is 2.38. The third-order valence-electron chi connectivity index (χ3n) is 4.04. The Morgan fingerprint density at radius 2 is 2.24 bits per heavy atom. The second-order valence-corrected chi connectivity index (χ2v) is 5.59. The van der Waals surface area contributed by atoms with Crippen molar-refractivity contribution >= 4 is 28.7 Å².